The van der Waals surface area contributed by atoms with Crippen molar-refractivity contribution in [3.63, 3.8) is 0 Å². The van der Waals surface area contributed by atoms with Gasteiger partial charge in [-0.05, 0) is 32.4 Å². The highest BCUT2D eigenvalue weighted by molar-refractivity contribution is 6.17. The van der Waals surface area contributed by atoms with Crippen LogP contribution in [0.5, 0.6) is 0 Å². The molecule has 5 heteroatoms. The first kappa shape index (κ1) is 15.5. The van der Waals surface area contributed by atoms with Gasteiger partial charge >= 0.3 is 0 Å². The van der Waals surface area contributed by atoms with Crippen LogP contribution >= 0.6 is 11.6 Å². The Kier molecular flexibility index (Phi) is 8.05. The van der Waals surface area contributed by atoms with E-state index in [1.165, 1.54) is 11.4 Å². The average molecular weight is 274 g/mol. The maximum atomic E-state index is 5.52. The number of rotatable bonds is 10. The predicted octanol–water partition coefficient (Wildman–Crippen LogP) is 2.20. The van der Waals surface area contributed by atoms with Crippen LogP contribution in [-0.2, 0) is 24.2 Å². The topological polar surface area (TPSA) is 39.1 Å². The van der Waals surface area contributed by atoms with Crippen LogP contribution in [0.3, 0.4) is 0 Å². The lowest BCUT2D eigenvalue weighted by molar-refractivity contribution is 0.146. The molecule has 0 amide bonds. The highest BCUT2D eigenvalue weighted by atomic mass is 35.5. The van der Waals surface area contributed by atoms with Gasteiger partial charge in [0.05, 0.1) is 18.0 Å². The molecule has 104 valence electrons. The van der Waals surface area contributed by atoms with Gasteiger partial charge in [-0.1, -0.05) is 6.92 Å². The summed E-state index contributed by atoms with van der Waals surface area (Å²) < 4.78 is 7.38. The minimum atomic E-state index is 0.572. The number of halogens is 1. The summed E-state index contributed by atoms with van der Waals surface area (Å²) in [6, 6.07) is 2.18. The molecule has 1 N–H and O–H groups in total. The van der Waals surface area contributed by atoms with Crippen LogP contribution in [0.15, 0.2) is 6.07 Å². The first-order valence-corrected chi connectivity index (χ1v) is 7.25. The fourth-order valence-electron chi connectivity index (χ4n) is 1.78. The van der Waals surface area contributed by atoms with Gasteiger partial charge in [-0.15, -0.1) is 11.6 Å². The lowest BCUT2D eigenvalue weighted by Crippen LogP contribution is -2.19. The van der Waals surface area contributed by atoms with Gasteiger partial charge in [0.15, 0.2) is 0 Å². The number of alkyl halides is 1. The molecular formula is C13H24ClN3O. The minimum absolute atomic E-state index is 0.572. The Morgan fingerprint density at radius 1 is 1.39 bits per heavy atom. The molecule has 0 radical (unpaired) electrons. The summed E-state index contributed by atoms with van der Waals surface area (Å²) in [6.45, 7) is 8.42. The zero-order valence-electron chi connectivity index (χ0n) is 11.4. The zero-order chi connectivity index (χ0) is 13.2. The molecule has 1 rings (SSSR count). The van der Waals surface area contributed by atoms with E-state index in [1.54, 1.807) is 0 Å². The molecule has 1 aromatic rings. The third-order valence-electron chi connectivity index (χ3n) is 2.75. The van der Waals surface area contributed by atoms with Crippen LogP contribution in [0.4, 0.5) is 0 Å². The van der Waals surface area contributed by atoms with E-state index in [9.17, 15) is 0 Å². The molecular weight excluding hydrogens is 250 g/mol. The number of ether oxygens (including phenoxy) is 1. The molecule has 4 nitrogen and oxygen atoms in total. The number of nitrogens with one attached hydrogen (secondary N) is 1. The monoisotopic (exact) mass is 273 g/mol. The number of nitrogens with zero attached hydrogens (tertiary/aromatic N) is 2. The van der Waals surface area contributed by atoms with Gasteiger partial charge in [-0.2, -0.15) is 5.10 Å². The summed E-state index contributed by atoms with van der Waals surface area (Å²) in [7, 11) is 0. The quantitative estimate of drug-likeness (QED) is 0.525. The van der Waals surface area contributed by atoms with E-state index < -0.39 is 0 Å². The maximum Gasteiger partial charge on any atom is 0.0625 e. The summed E-state index contributed by atoms with van der Waals surface area (Å²) in [6.07, 6.45) is 2.00. The Morgan fingerprint density at radius 2 is 2.22 bits per heavy atom. The maximum absolute atomic E-state index is 5.52. The Morgan fingerprint density at radius 3 is 2.89 bits per heavy atom. The van der Waals surface area contributed by atoms with Crippen molar-refractivity contribution in [3.05, 3.63) is 17.5 Å². The van der Waals surface area contributed by atoms with Gasteiger partial charge in [0.2, 0.25) is 0 Å². The molecule has 1 heterocycles. The average Bonchev–Trinajstić information content (AvgIpc) is 2.80. The third-order valence-corrected chi connectivity index (χ3v) is 2.90. The molecule has 0 unspecified atom stereocenters. The van der Waals surface area contributed by atoms with Crippen LogP contribution in [0.2, 0.25) is 0 Å². The van der Waals surface area contributed by atoms with E-state index in [-0.39, 0.29) is 0 Å². The Balaban J connectivity index is 2.20. The summed E-state index contributed by atoms with van der Waals surface area (Å²) in [5.41, 5.74) is 2.43. The Hall–Kier alpha value is -0.580. The first-order chi connectivity index (χ1) is 8.81. The second-order valence-corrected chi connectivity index (χ2v) is 4.51. The van der Waals surface area contributed by atoms with Crippen LogP contribution in [-0.4, -0.2) is 35.4 Å². The molecule has 0 aliphatic heterocycles. The van der Waals surface area contributed by atoms with Crippen molar-refractivity contribution >= 4 is 11.6 Å². The van der Waals surface area contributed by atoms with Crippen molar-refractivity contribution in [2.24, 2.45) is 0 Å². The molecule has 18 heavy (non-hydrogen) atoms. The van der Waals surface area contributed by atoms with E-state index in [2.05, 4.69) is 35.0 Å². The molecule has 0 aromatic carbocycles. The Bertz CT molecular complexity index is 328. The van der Waals surface area contributed by atoms with E-state index in [0.717, 1.165) is 39.1 Å². The first-order valence-electron chi connectivity index (χ1n) is 6.71. The summed E-state index contributed by atoms with van der Waals surface area (Å²) >= 11 is 5.52. The highest BCUT2D eigenvalue weighted by Crippen LogP contribution is 2.05. The van der Waals surface area contributed by atoms with Crippen LogP contribution in [0, 0.1) is 0 Å². The van der Waals surface area contributed by atoms with Crippen molar-refractivity contribution < 1.29 is 4.74 Å². The second-order valence-electron chi connectivity index (χ2n) is 4.13. The fourth-order valence-corrected chi connectivity index (χ4v) is 1.89. The molecule has 0 saturated carbocycles. The largest absolute Gasteiger partial charge is 0.380 e. The Labute approximate surface area is 115 Å². The van der Waals surface area contributed by atoms with Crippen molar-refractivity contribution in [3.8, 4) is 0 Å². The van der Waals surface area contributed by atoms with Gasteiger partial charge in [0.1, 0.15) is 0 Å². The van der Waals surface area contributed by atoms with Gasteiger partial charge in [-0.3, -0.25) is 4.68 Å². The SMILES string of the molecule is CCc1cc(CNCCCOCCCl)n(CC)n1. The van der Waals surface area contributed by atoms with Crippen molar-refractivity contribution in [2.75, 3.05) is 25.6 Å². The molecule has 0 fully saturated rings. The summed E-state index contributed by atoms with van der Waals surface area (Å²) in [5.74, 6) is 0.572. The van der Waals surface area contributed by atoms with E-state index in [0.29, 0.717) is 12.5 Å². The molecule has 0 spiro atoms. The van der Waals surface area contributed by atoms with E-state index >= 15 is 0 Å². The van der Waals surface area contributed by atoms with Gasteiger partial charge in [-0.25, -0.2) is 0 Å². The third kappa shape index (κ3) is 5.38. The molecule has 0 aliphatic rings. The van der Waals surface area contributed by atoms with Gasteiger partial charge in [0.25, 0.3) is 0 Å². The highest BCUT2D eigenvalue weighted by Gasteiger charge is 2.04. The number of aromatic nitrogens is 2. The molecule has 0 atom stereocenters. The fraction of sp³-hybridized carbons (Fsp3) is 0.769. The second kappa shape index (κ2) is 9.36. The van der Waals surface area contributed by atoms with Crippen LogP contribution < -0.4 is 5.32 Å². The standard InChI is InChI=1S/C13H24ClN3O/c1-3-12-10-13(17(4-2)16-12)11-15-7-5-8-18-9-6-14/h10,15H,3-9,11H2,1-2H3. The summed E-state index contributed by atoms with van der Waals surface area (Å²) in [5, 5.41) is 7.94. The zero-order valence-corrected chi connectivity index (χ0v) is 12.2. The predicted molar refractivity (Wildman–Crippen MR) is 75.1 cm³/mol. The number of hydrogen-bond acceptors (Lipinski definition) is 3. The van der Waals surface area contributed by atoms with Crippen molar-refractivity contribution in [1.82, 2.24) is 15.1 Å². The lowest BCUT2D eigenvalue weighted by atomic mass is 10.3. The van der Waals surface area contributed by atoms with Gasteiger partial charge < -0.3 is 10.1 Å². The summed E-state index contributed by atoms with van der Waals surface area (Å²) in [4.78, 5) is 0. The van der Waals surface area contributed by atoms with Crippen molar-refractivity contribution in [1.29, 1.82) is 0 Å². The van der Waals surface area contributed by atoms with Crippen LogP contribution in [0.25, 0.3) is 0 Å². The molecule has 0 saturated heterocycles. The van der Waals surface area contributed by atoms with Gasteiger partial charge in [0, 0.05) is 25.6 Å². The lowest BCUT2D eigenvalue weighted by Gasteiger charge is -2.06. The molecule has 1 aromatic heterocycles. The minimum Gasteiger partial charge on any atom is -0.380 e. The normalized spacial score (nSPS) is 11.1. The number of aryl methyl sites for hydroxylation is 2. The smallest absolute Gasteiger partial charge is 0.0625 e. The van der Waals surface area contributed by atoms with E-state index in [4.69, 9.17) is 16.3 Å². The van der Waals surface area contributed by atoms with Crippen molar-refractivity contribution in [2.45, 2.75) is 39.8 Å². The van der Waals surface area contributed by atoms with E-state index in [1.807, 2.05) is 0 Å². The molecule has 0 bridgehead atoms. The molecule has 0 aliphatic carbocycles. The number of hydrogen-bond donors (Lipinski definition) is 1. The van der Waals surface area contributed by atoms with Crippen LogP contribution in [0.1, 0.15) is 31.7 Å².